The van der Waals surface area contributed by atoms with E-state index < -0.39 is 50.1 Å². The Bertz CT molecular complexity index is 771. The van der Waals surface area contributed by atoms with E-state index in [2.05, 4.69) is 0 Å². The molecule has 1 aliphatic heterocycles. The minimum atomic E-state index is -4.02. The predicted molar refractivity (Wildman–Crippen MR) is 90.0 cm³/mol. The van der Waals surface area contributed by atoms with Crippen LogP contribution in [0.15, 0.2) is 29.2 Å². The molecule has 0 amide bonds. The first-order valence-corrected chi connectivity index (χ1v) is 11.0. The summed E-state index contributed by atoms with van der Waals surface area (Å²) in [5.74, 6) is -0.670. The fourth-order valence-electron chi connectivity index (χ4n) is 2.81. The minimum Gasteiger partial charge on any atom is -0.395 e. The summed E-state index contributed by atoms with van der Waals surface area (Å²) in [6.45, 7) is 3.24. The number of aliphatic hydroxyl groups excluding tert-OH is 2. The molecule has 2 rings (SSSR count). The van der Waals surface area contributed by atoms with Crippen LogP contribution >= 0.6 is 0 Å². The molecule has 136 valence electrons. The summed E-state index contributed by atoms with van der Waals surface area (Å²) in [5.41, 5.74) is 0.978. The van der Waals surface area contributed by atoms with Gasteiger partial charge in [-0.05, 0) is 23.6 Å². The molecule has 0 bridgehead atoms. The third kappa shape index (κ3) is 3.97. The first-order chi connectivity index (χ1) is 11.1. The van der Waals surface area contributed by atoms with Crippen molar-refractivity contribution in [2.24, 2.45) is 0 Å². The van der Waals surface area contributed by atoms with Crippen LogP contribution in [0.25, 0.3) is 0 Å². The molecule has 1 aliphatic rings. The highest BCUT2D eigenvalue weighted by atomic mass is 32.2. The van der Waals surface area contributed by atoms with E-state index in [4.69, 9.17) is 0 Å². The molecule has 1 fully saturated rings. The SMILES string of the molecule is CC(C)c1ccc(S(=O)(=O)N(CCO)[C@@H]2CS(=O)(=O)C[C@@H]2O)cc1. The second-order valence-electron chi connectivity index (χ2n) is 6.27. The van der Waals surface area contributed by atoms with Gasteiger partial charge in [0.2, 0.25) is 10.0 Å². The number of hydrogen-bond donors (Lipinski definition) is 2. The maximum absolute atomic E-state index is 12.9. The van der Waals surface area contributed by atoms with Crippen LogP contribution in [0.1, 0.15) is 25.3 Å². The molecule has 7 nitrogen and oxygen atoms in total. The normalized spacial score (nSPS) is 23.9. The highest BCUT2D eigenvalue weighted by Crippen LogP contribution is 2.26. The summed E-state index contributed by atoms with van der Waals surface area (Å²) >= 11 is 0. The van der Waals surface area contributed by atoms with Crippen molar-refractivity contribution < 1.29 is 27.0 Å². The van der Waals surface area contributed by atoms with E-state index in [0.717, 1.165) is 9.87 Å². The maximum Gasteiger partial charge on any atom is 0.243 e. The van der Waals surface area contributed by atoms with Gasteiger partial charge in [-0.2, -0.15) is 4.31 Å². The number of aliphatic hydroxyl groups is 2. The van der Waals surface area contributed by atoms with E-state index in [1.165, 1.54) is 12.1 Å². The van der Waals surface area contributed by atoms with Gasteiger partial charge in [-0.3, -0.25) is 0 Å². The Morgan fingerprint density at radius 2 is 1.79 bits per heavy atom. The van der Waals surface area contributed by atoms with Crippen LogP contribution in [0.2, 0.25) is 0 Å². The Hall–Kier alpha value is -1.00. The van der Waals surface area contributed by atoms with Crippen LogP contribution < -0.4 is 0 Å². The number of sulfone groups is 1. The molecule has 1 aromatic rings. The smallest absolute Gasteiger partial charge is 0.243 e. The molecular weight excluding hydrogens is 354 g/mol. The van der Waals surface area contributed by atoms with Crippen molar-refractivity contribution in [2.75, 3.05) is 24.7 Å². The molecule has 0 radical (unpaired) electrons. The third-order valence-corrected chi connectivity index (χ3v) is 7.77. The average molecular weight is 377 g/mol. The fourth-order valence-corrected chi connectivity index (χ4v) is 6.35. The quantitative estimate of drug-likeness (QED) is 0.719. The zero-order valence-electron chi connectivity index (χ0n) is 13.7. The number of nitrogens with zero attached hydrogens (tertiary/aromatic N) is 1. The molecule has 2 N–H and O–H groups in total. The Kier molecular flexibility index (Phi) is 5.71. The zero-order valence-corrected chi connectivity index (χ0v) is 15.3. The van der Waals surface area contributed by atoms with Gasteiger partial charge in [0, 0.05) is 6.54 Å². The largest absolute Gasteiger partial charge is 0.395 e. The van der Waals surface area contributed by atoms with Crippen molar-refractivity contribution in [3.8, 4) is 0 Å². The molecule has 9 heteroatoms. The summed E-state index contributed by atoms with van der Waals surface area (Å²) in [6, 6.07) is 5.25. The molecule has 1 heterocycles. The van der Waals surface area contributed by atoms with Crippen LogP contribution in [-0.4, -0.2) is 68.2 Å². The number of hydrogen-bond acceptors (Lipinski definition) is 6. The summed E-state index contributed by atoms with van der Waals surface area (Å²) in [6.07, 6.45) is -1.30. The third-order valence-electron chi connectivity index (χ3n) is 4.14. The molecule has 1 aromatic carbocycles. The van der Waals surface area contributed by atoms with Crippen molar-refractivity contribution >= 4 is 19.9 Å². The lowest BCUT2D eigenvalue weighted by Gasteiger charge is -2.28. The molecule has 0 aliphatic carbocycles. The summed E-state index contributed by atoms with van der Waals surface area (Å²) in [5, 5.41) is 19.2. The lowest BCUT2D eigenvalue weighted by Crippen LogP contribution is -2.47. The van der Waals surface area contributed by atoms with E-state index in [1.54, 1.807) is 12.1 Å². The Morgan fingerprint density at radius 3 is 2.21 bits per heavy atom. The van der Waals surface area contributed by atoms with Crippen LogP contribution in [-0.2, 0) is 19.9 Å². The Labute approximate surface area is 142 Å². The molecule has 0 aromatic heterocycles. The van der Waals surface area contributed by atoms with Crippen molar-refractivity contribution in [1.29, 1.82) is 0 Å². The summed E-state index contributed by atoms with van der Waals surface area (Å²) < 4.78 is 50.0. The highest BCUT2D eigenvalue weighted by Gasteiger charge is 2.44. The van der Waals surface area contributed by atoms with Crippen LogP contribution in [0.5, 0.6) is 0 Å². The summed E-state index contributed by atoms with van der Waals surface area (Å²) in [4.78, 5) is 0.0110. The lowest BCUT2D eigenvalue weighted by molar-refractivity contribution is 0.117. The average Bonchev–Trinajstić information content (AvgIpc) is 2.77. The molecule has 0 spiro atoms. The zero-order chi connectivity index (χ0) is 18.1. The van der Waals surface area contributed by atoms with Crippen molar-refractivity contribution in [2.45, 2.75) is 36.8 Å². The highest BCUT2D eigenvalue weighted by molar-refractivity contribution is 7.92. The molecule has 24 heavy (non-hydrogen) atoms. The van der Waals surface area contributed by atoms with Gasteiger partial charge in [-0.1, -0.05) is 26.0 Å². The van der Waals surface area contributed by atoms with Crippen LogP contribution in [0, 0.1) is 0 Å². The van der Waals surface area contributed by atoms with E-state index in [-0.39, 0.29) is 17.4 Å². The monoisotopic (exact) mass is 377 g/mol. The van der Waals surface area contributed by atoms with E-state index >= 15 is 0 Å². The second kappa shape index (κ2) is 7.09. The van der Waals surface area contributed by atoms with Crippen molar-refractivity contribution in [3.63, 3.8) is 0 Å². The molecule has 2 atom stereocenters. The first kappa shape index (κ1) is 19.3. The van der Waals surface area contributed by atoms with Gasteiger partial charge in [0.1, 0.15) is 0 Å². The van der Waals surface area contributed by atoms with Crippen molar-refractivity contribution in [3.05, 3.63) is 29.8 Å². The van der Waals surface area contributed by atoms with Gasteiger partial charge >= 0.3 is 0 Å². The lowest BCUT2D eigenvalue weighted by atomic mass is 10.0. The number of sulfonamides is 1. The van der Waals surface area contributed by atoms with Crippen molar-refractivity contribution in [1.82, 2.24) is 4.31 Å². The Morgan fingerprint density at radius 1 is 1.21 bits per heavy atom. The fraction of sp³-hybridized carbons (Fsp3) is 0.600. The molecule has 1 saturated heterocycles. The molecular formula is C15H23NO6S2. The van der Waals surface area contributed by atoms with E-state index in [0.29, 0.717) is 0 Å². The first-order valence-electron chi connectivity index (χ1n) is 7.69. The van der Waals surface area contributed by atoms with Gasteiger partial charge in [-0.25, -0.2) is 16.8 Å². The molecule has 0 saturated carbocycles. The van der Waals surface area contributed by atoms with Crippen LogP contribution in [0.3, 0.4) is 0 Å². The van der Waals surface area contributed by atoms with Crippen LogP contribution in [0.4, 0.5) is 0 Å². The number of benzene rings is 1. The Balaban J connectivity index is 2.38. The van der Waals surface area contributed by atoms with Gasteiger partial charge in [0.25, 0.3) is 0 Å². The second-order valence-corrected chi connectivity index (χ2v) is 10.3. The standard InChI is InChI=1S/C15H23NO6S2/c1-11(2)12-3-5-13(6-4-12)24(21,22)16(7-8-17)14-9-23(19,20)10-15(14)18/h3-6,11,14-15,17-18H,7-10H2,1-2H3/t14-,15+/m1/s1. The number of rotatable bonds is 6. The van der Waals surface area contributed by atoms with Gasteiger partial charge in [-0.15, -0.1) is 0 Å². The van der Waals surface area contributed by atoms with E-state index in [9.17, 15) is 27.0 Å². The van der Waals surface area contributed by atoms with Gasteiger partial charge in [0.05, 0.1) is 35.2 Å². The van der Waals surface area contributed by atoms with E-state index in [1.807, 2.05) is 13.8 Å². The van der Waals surface area contributed by atoms with Gasteiger partial charge in [0.15, 0.2) is 9.84 Å². The summed E-state index contributed by atoms with van der Waals surface area (Å²) in [7, 11) is -7.53. The van der Waals surface area contributed by atoms with Gasteiger partial charge < -0.3 is 10.2 Å². The minimum absolute atomic E-state index is 0.0110. The maximum atomic E-state index is 12.9. The predicted octanol–water partition coefficient (Wildman–Crippen LogP) is -0.0491. The molecule has 0 unspecified atom stereocenters. The topological polar surface area (TPSA) is 112 Å².